The number of methoxy groups -OCH3 is 1. The molecule has 3 rings (SSSR count). The van der Waals surface area contributed by atoms with Crippen molar-refractivity contribution < 1.29 is 18.7 Å². The van der Waals surface area contributed by atoms with Crippen LogP contribution in [0.4, 0.5) is 4.39 Å². The highest BCUT2D eigenvalue weighted by molar-refractivity contribution is 7.99. The van der Waals surface area contributed by atoms with Crippen LogP contribution in [0.3, 0.4) is 0 Å². The van der Waals surface area contributed by atoms with Crippen molar-refractivity contribution in [3.8, 4) is 11.5 Å². The Hall–Kier alpha value is -2.21. The number of nitrogens with one attached hydrogen (secondary N) is 1. The van der Waals surface area contributed by atoms with Gasteiger partial charge in [-0.15, -0.1) is 11.8 Å². The van der Waals surface area contributed by atoms with Crippen LogP contribution in [-0.2, 0) is 4.79 Å². The number of hydrogen-bond acceptors (Lipinski definition) is 4. The van der Waals surface area contributed by atoms with Crippen LogP contribution in [0, 0.1) is 5.82 Å². The van der Waals surface area contributed by atoms with E-state index in [4.69, 9.17) is 9.47 Å². The van der Waals surface area contributed by atoms with Crippen molar-refractivity contribution in [2.75, 3.05) is 19.5 Å². The molecule has 2 aromatic carbocycles. The lowest BCUT2D eigenvalue weighted by Gasteiger charge is -2.26. The smallest absolute Gasteiger partial charge is 0.223 e. The van der Waals surface area contributed by atoms with Gasteiger partial charge < -0.3 is 14.8 Å². The van der Waals surface area contributed by atoms with Crippen LogP contribution in [-0.4, -0.2) is 25.4 Å². The Morgan fingerprint density at radius 2 is 2.08 bits per heavy atom. The molecular formula is C19H20FNO3S. The number of rotatable bonds is 6. The fraction of sp³-hybridized carbons (Fsp3) is 0.316. The molecule has 0 radical (unpaired) electrons. The molecule has 0 bridgehead atoms. The molecule has 0 saturated carbocycles. The minimum atomic E-state index is -0.278. The number of amides is 1. The van der Waals surface area contributed by atoms with Crippen molar-refractivity contribution in [2.24, 2.45) is 0 Å². The molecule has 2 aromatic rings. The second-order valence-corrected chi connectivity index (χ2v) is 6.83. The number of benzene rings is 2. The standard InChI is InChI=1S/C19H20FNO3S/c1-23-16-4-2-3-5-17(16)24-10-8-19(22)21-15-9-11-25-18-7-6-13(20)12-14(15)18/h2-7,12,15H,8-11H2,1H3,(H,21,22). The Morgan fingerprint density at radius 3 is 2.88 bits per heavy atom. The van der Waals surface area contributed by atoms with Crippen LogP contribution in [0.2, 0.25) is 0 Å². The Kier molecular flexibility index (Phi) is 5.81. The van der Waals surface area contributed by atoms with Gasteiger partial charge in [0.25, 0.3) is 0 Å². The van der Waals surface area contributed by atoms with Crippen LogP contribution < -0.4 is 14.8 Å². The predicted octanol–water partition coefficient (Wildman–Crippen LogP) is 3.96. The Bertz CT molecular complexity index is 753. The molecule has 1 unspecified atom stereocenters. The number of thioether (sulfide) groups is 1. The largest absolute Gasteiger partial charge is 0.493 e. The van der Waals surface area contributed by atoms with Gasteiger partial charge >= 0.3 is 0 Å². The van der Waals surface area contributed by atoms with Gasteiger partial charge in [0.15, 0.2) is 11.5 Å². The molecule has 1 amide bonds. The highest BCUT2D eigenvalue weighted by atomic mass is 32.2. The van der Waals surface area contributed by atoms with Gasteiger partial charge in [0.2, 0.25) is 5.91 Å². The first-order chi connectivity index (χ1) is 12.2. The van der Waals surface area contributed by atoms with Crippen molar-refractivity contribution in [2.45, 2.75) is 23.8 Å². The SMILES string of the molecule is COc1ccccc1OCCC(=O)NC1CCSc2ccc(F)cc21. The number of para-hydroxylation sites is 2. The molecule has 25 heavy (non-hydrogen) atoms. The zero-order chi connectivity index (χ0) is 17.6. The number of hydrogen-bond donors (Lipinski definition) is 1. The summed E-state index contributed by atoms with van der Waals surface area (Å²) >= 11 is 1.69. The first-order valence-electron chi connectivity index (χ1n) is 8.15. The summed E-state index contributed by atoms with van der Waals surface area (Å²) < 4.78 is 24.4. The minimum absolute atomic E-state index is 0.109. The van der Waals surface area contributed by atoms with E-state index in [2.05, 4.69) is 5.32 Å². The van der Waals surface area contributed by atoms with E-state index in [-0.39, 0.29) is 30.8 Å². The predicted molar refractivity (Wildman–Crippen MR) is 95.7 cm³/mol. The molecular weight excluding hydrogens is 341 g/mol. The molecule has 4 nitrogen and oxygen atoms in total. The molecule has 1 aliphatic heterocycles. The average molecular weight is 361 g/mol. The maximum absolute atomic E-state index is 13.5. The Morgan fingerprint density at radius 1 is 1.28 bits per heavy atom. The van der Waals surface area contributed by atoms with E-state index < -0.39 is 0 Å². The second kappa shape index (κ2) is 8.25. The van der Waals surface area contributed by atoms with Gasteiger partial charge in [-0.2, -0.15) is 0 Å². The van der Waals surface area contributed by atoms with E-state index in [9.17, 15) is 9.18 Å². The number of halogens is 1. The molecule has 0 aliphatic carbocycles. The minimum Gasteiger partial charge on any atom is -0.493 e. The van der Waals surface area contributed by atoms with Crippen molar-refractivity contribution in [1.82, 2.24) is 5.32 Å². The third-order valence-corrected chi connectivity index (χ3v) is 5.12. The third-order valence-electron chi connectivity index (χ3n) is 4.00. The second-order valence-electron chi connectivity index (χ2n) is 5.69. The zero-order valence-electron chi connectivity index (χ0n) is 14.0. The molecule has 1 N–H and O–H groups in total. The molecule has 1 atom stereocenters. The number of fused-ring (bicyclic) bond motifs is 1. The van der Waals surface area contributed by atoms with Gasteiger partial charge in [0.05, 0.1) is 26.2 Å². The molecule has 0 fully saturated rings. The average Bonchev–Trinajstić information content (AvgIpc) is 2.62. The van der Waals surface area contributed by atoms with Crippen molar-refractivity contribution in [1.29, 1.82) is 0 Å². The van der Waals surface area contributed by atoms with Gasteiger partial charge in [-0.25, -0.2) is 4.39 Å². The number of ether oxygens (including phenoxy) is 2. The molecule has 0 aromatic heterocycles. The van der Waals surface area contributed by atoms with E-state index in [0.717, 1.165) is 22.6 Å². The first kappa shape index (κ1) is 17.6. The van der Waals surface area contributed by atoms with Crippen LogP contribution in [0.5, 0.6) is 11.5 Å². The van der Waals surface area contributed by atoms with Crippen LogP contribution in [0.1, 0.15) is 24.4 Å². The fourth-order valence-electron chi connectivity index (χ4n) is 2.77. The van der Waals surface area contributed by atoms with E-state index >= 15 is 0 Å². The molecule has 0 spiro atoms. The van der Waals surface area contributed by atoms with Crippen molar-refractivity contribution >= 4 is 17.7 Å². The molecule has 1 aliphatic rings. The zero-order valence-corrected chi connectivity index (χ0v) is 14.8. The van der Waals surface area contributed by atoms with Crippen molar-refractivity contribution in [3.05, 3.63) is 53.8 Å². The van der Waals surface area contributed by atoms with Crippen molar-refractivity contribution in [3.63, 3.8) is 0 Å². The summed E-state index contributed by atoms with van der Waals surface area (Å²) in [5, 5.41) is 2.99. The van der Waals surface area contributed by atoms with Crippen LogP contribution in [0.15, 0.2) is 47.4 Å². The monoisotopic (exact) mass is 361 g/mol. The Balaban J connectivity index is 1.54. The van der Waals surface area contributed by atoms with Gasteiger partial charge in [-0.05, 0) is 42.3 Å². The summed E-state index contributed by atoms with van der Waals surface area (Å²) in [6, 6.07) is 11.9. The summed E-state index contributed by atoms with van der Waals surface area (Å²) in [4.78, 5) is 13.3. The molecule has 0 saturated heterocycles. The summed E-state index contributed by atoms with van der Waals surface area (Å²) in [5.74, 6) is 1.76. The highest BCUT2D eigenvalue weighted by Crippen LogP contribution is 2.36. The molecule has 132 valence electrons. The lowest BCUT2D eigenvalue weighted by molar-refractivity contribution is -0.122. The summed E-state index contributed by atoms with van der Waals surface area (Å²) in [7, 11) is 1.58. The van der Waals surface area contributed by atoms with Gasteiger partial charge in [-0.3, -0.25) is 4.79 Å². The van der Waals surface area contributed by atoms with Gasteiger partial charge in [0.1, 0.15) is 5.82 Å². The quantitative estimate of drug-likeness (QED) is 0.846. The van der Waals surface area contributed by atoms with Gasteiger partial charge in [0, 0.05) is 10.6 Å². The molecule has 6 heteroatoms. The van der Waals surface area contributed by atoms with Crippen LogP contribution >= 0.6 is 11.8 Å². The normalized spacial score (nSPS) is 16.0. The third kappa shape index (κ3) is 4.45. The highest BCUT2D eigenvalue weighted by Gasteiger charge is 2.22. The van der Waals surface area contributed by atoms with E-state index in [1.54, 1.807) is 37.1 Å². The van der Waals surface area contributed by atoms with E-state index in [1.807, 2.05) is 12.1 Å². The van der Waals surface area contributed by atoms with Crippen LogP contribution in [0.25, 0.3) is 0 Å². The number of carbonyl (C=O) groups excluding carboxylic acids is 1. The Labute approximate surface area is 150 Å². The first-order valence-corrected chi connectivity index (χ1v) is 9.13. The fourth-order valence-corrected chi connectivity index (χ4v) is 3.88. The van der Waals surface area contributed by atoms with E-state index in [1.165, 1.54) is 12.1 Å². The maximum Gasteiger partial charge on any atom is 0.223 e. The number of carbonyl (C=O) groups is 1. The summed E-state index contributed by atoms with van der Waals surface area (Å²) in [6.07, 6.45) is 1.02. The maximum atomic E-state index is 13.5. The van der Waals surface area contributed by atoms with Gasteiger partial charge in [-0.1, -0.05) is 12.1 Å². The van der Waals surface area contributed by atoms with E-state index in [0.29, 0.717) is 11.5 Å². The topological polar surface area (TPSA) is 47.6 Å². The lowest BCUT2D eigenvalue weighted by Crippen LogP contribution is -2.31. The summed E-state index contributed by atoms with van der Waals surface area (Å²) in [6.45, 7) is 0.254. The lowest BCUT2D eigenvalue weighted by atomic mass is 10.0. The molecule has 1 heterocycles. The summed E-state index contributed by atoms with van der Waals surface area (Å²) in [5.41, 5.74) is 0.857.